The summed E-state index contributed by atoms with van der Waals surface area (Å²) < 4.78 is 7.31. The molecule has 37 heavy (non-hydrogen) atoms. The molecule has 1 saturated heterocycles. The fraction of sp³-hybridized carbons (Fsp3) is 0.467. The summed E-state index contributed by atoms with van der Waals surface area (Å²) in [5.41, 5.74) is 4.80. The van der Waals surface area contributed by atoms with Gasteiger partial charge in [-0.1, -0.05) is 25.1 Å². The average molecular weight is 498 g/mol. The van der Waals surface area contributed by atoms with Crippen LogP contribution in [-0.4, -0.2) is 57.8 Å². The third-order valence-corrected chi connectivity index (χ3v) is 8.16. The number of nitrogens with zero attached hydrogens (tertiary/aromatic N) is 5. The molecule has 3 heterocycles. The summed E-state index contributed by atoms with van der Waals surface area (Å²) in [6.45, 7) is 7.62. The summed E-state index contributed by atoms with van der Waals surface area (Å²) in [7, 11) is 0. The van der Waals surface area contributed by atoms with Crippen LogP contribution in [0.15, 0.2) is 48.8 Å². The van der Waals surface area contributed by atoms with Crippen LogP contribution in [0.2, 0.25) is 0 Å². The minimum atomic E-state index is -0.545. The molecule has 1 saturated carbocycles. The van der Waals surface area contributed by atoms with E-state index < -0.39 is 5.41 Å². The van der Waals surface area contributed by atoms with Gasteiger partial charge in [0.05, 0.1) is 53.5 Å². The molecule has 0 spiro atoms. The first-order valence-corrected chi connectivity index (χ1v) is 13.4. The molecule has 192 valence electrons. The Balaban J connectivity index is 1.24. The maximum atomic E-state index is 13.1. The molecule has 7 heteroatoms. The summed E-state index contributed by atoms with van der Waals surface area (Å²) in [6, 6.07) is 15.3. The van der Waals surface area contributed by atoms with Crippen LogP contribution in [0.3, 0.4) is 0 Å². The predicted octanol–water partition coefficient (Wildman–Crippen LogP) is 4.60. The number of hydrogen-bond donors (Lipinski definition) is 0. The highest BCUT2D eigenvalue weighted by atomic mass is 16.5. The summed E-state index contributed by atoms with van der Waals surface area (Å²) in [5, 5.41) is 14.6. The minimum absolute atomic E-state index is 0.0181. The maximum absolute atomic E-state index is 13.1. The minimum Gasteiger partial charge on any atom is -0.379 e. The summed E-state index contributed by atoms with van der Waals surface area (Å²) in [6.07, 6.45) is 8.30. The van der Waals surface area contributed by atoms with Gasteiger partial charge in [0.25, 0.3) is 0 Å². The van der Waals surface area contributed by atoms with Gasteiger partial charge in [-0.05, 0) is 68.4 Å². The van der Waals surface area contributed by atoms with Crippen molar-refractivity contribution >= 4 is 5.78 Å². The largest absolute Gasteiger partial charge is 0.379 e. The van der Waals surface area contributed by atoms with Crippen LogP contribution in [0.1, 0.15) is 65.5 Å². The Morgan fingerprint density at radius 3 is 2.41 bits per heavy atom. The summed E-state index contributed by atoms with van der Waals surface area (Å²) >= 11 is 0. The average Bonchev–Trinajstić information content (AvgIpc) is 3.35. The number of ether oxygens (including phenoxy) is 1. The summed E-state index contributed by atoms with van der Waals surface area (Å²) in [4.78, 5) is 20.3. The van der Waals surface area contributed by atoms with Gasteiger partial charge >= 0.3 is 0 Å². The van der Waals surface area contributed by atoms with Crippen molar-refractivity contribution in [3.63, 3.8) is 0 Å². The molecule has 0 N–H and O–H groups in total. The molecule has 1 aromatic carbocycles. The summed E-state index contributed by atoms with van der Waals surface area (Å²) in [5.74, 6) is 0.0181. The number of aryl methyl sites for hydroxylation is 1. The molecule has 7 nitrogen and oxygen atoms in total. The van der Waals surface area contributed by atoms with Gasteiger partial charge in [0.1, 0.15) is 0 Å². The van der Waals surface area contributed by atoms with Gasteiger partial charge in [-0.15, -0.1) is 0 Å². The number of hydrogen-bond acceptors (Lipinski definition) is 6. The molecule has 0 unspecified atom stereocenters. The molecule has 2 aliphatic rings. The molecule has 0 bridgehead atoms. The molecular formula is C30H35N5O2. The van der Waals surface area contributed by atoms with Crippen LogP contribution in [-0.2, 0) is 23.0 Å². The van der Waals surface area contributed by atoms with Crippen molar-refractivity contribution in [2.75, 3.05) is 26.3 Å². The number of carbonyl (C=O) groups is 1. The predicted molar refractivity (Wildman–Crippen MR) is 142 cm³/mol. The lowest BCUT2D eigenvalue weighted by atomic mass is 9.71. The van der Waals surface area contributed by atoms with E-state index in [1.807, 2.05) is 35.9 Å². The van der Waals surface area contributed by atoms with E-state index in [1.165, 1.54) is 5.56 Å². The first-order valence-electron chi connectivity index (χ1n) is 13.4. The molecule has 1 aliphatic carbocycles. The van der Waals surface area contributed by atoms with Crippen molar-refractivity contribution in [3.8, 4) is 11.8 Å². The van der Waals surface area contributed by atoms with Gasteiger partial charge in [0.15, 0.2) is 5.78 Å². The van der Waals surface area contributed by atoms with Gasteiger partial charge in [0.2, 0.25) is 0 Å². The Bertz CT molecular complexity index is 1260. The second-order valence-corrected chi connectivity index (χ2v) is 10.3. The molecule has 2 aromatic heterocycles. The quantitative estimate of drug-likeness (QED) is 0.444. The molecule has 0 radical (unpaired) electrons. The number of rotatable bonds is 7. The number of benzene rings is 1. The standard InChI is InChI=1S/C30H35N5O2/c1-3-23-4-7-26(8-5-23)35-22(2)27(20-33-35)28(36)18-24-6-9-29(32-19-24)30(21-31)12-10-25(11-13-30)34-14-16-37-17-15-34/h4-9,19-20,25H,3,10-18H2,1-2H3. The Hall–Kier alpha value is -3.34. The SMILES string of the molecule is CCc1ccc(-n2ncc(C(=O)Cc3ccc(C4(C#N)CCC(N5CCOCC5)CC4)nc3)c2C)cc1. The molecule has 3 aromatic rings. The van der Waals surface area contributed by atoms with Crippen LogP contribution in [0, 0.1) is 18.3 Å². The lowest BCUT2D eigenvalue weighted by Crippen LogP contribution is -2.47. The van der Waals surface area contributed by atoms with E-state index in [1.54, 1.807) is 12.4 Å². The first-order chi connectivity index (χ1) is 18.0. The smallest absolute Gasteiger partial charge is 0.170 e. The molecule has 2 fully saturated rings. The molecular weight excluding hydrogens is 462 g/mol. The number of nitriles is 1. The number of aromatic nitrogens is 3. The van der Waals surface area contributed by atoms with Gasteiger partial charge < -0.3 is 4.74 Å². The van der Waals surface area contributed by atoms with Crippen LogP contribution in [0.5, 0.6) is 0 Å². The second-order valence-electron chi connectivity index (χ2n) is 10.3. The number of ketones is 1. The maximum Gasteiger partial charge on any atom is 0.170 e. The lowest BCUT2D eigenvalue weighted by Gasteiger charge is -2.41. The van der Waals surface area contributed by atoms with Gasteiger partial charge in [-0.2, -0.15) is 10.4 Å². The van der Waals surface area contributed by atoms with Gasteiger partial charge in [-0.25, -0.2) is 4.68 Å². The van der Waals surface area contributed by atoms with E-state index in [4.69, 9.17) is 9.72 Å². The number of morpholine rings is 1. The van der Waals surface area contributed by atoms with Crippen molar-refractivity contribution in [3.05, 3.63) is 76.9 Å². The van der Waals surface area contributed by atoms with Crippen LogP contribution in [0.4, 0.5) is 0 Å². The first kappa shape index (κ1) is 25.3. The monoisotopic (exact) mass is 497 g/mol. The van der Waals surface area contributed by atoms with E-state index in [2.05, 4.69) is 35.1 Å². The fourth-order valence-electron chi connectivity index (χ4n) is 5.74. The Labute approximate surface area is 219 Å². The van der Waals surface area contributed by atoms with Crippen molar-refractivity contribution in [2.24, 2.45) is 0 Å². The van der Waals surface area contributed by atoms with Crippen LogP contribution >= 0.6 is 0 Å². The molecule has 0 amide bonds. The van der Waals surface area contributed by atoms with Crippen molar-refractivity contribution in [2.45, 2.75) is 63.8 Å². The number of carbonyl (C=O) groups excluding carboxylic acids is 1. The number of pyridine rings is 1. The molecule has 0 atom stereocenters. The van der Waals surface area contributed by atoms with Crippen LogP contribution < -0.4 is 0 Å². The van der Waals surface area contributed by atoms with Gasteiger partial charge in [-0.3, -0.25) is 14.7 Å². The van der Waals surface area contributed by atoms with E-state index >= 15 is 0 Å². The van der Waals surface area contributed by atoms with Crippen molar-refractivity contribution in [1.29, 1.82) is 5.26 Å². The highest BCUT2D eigenvalue weighted by Gasteiger charge is 2.40. The third-order valence-electron chi connectivity index (χ3n) is 8.16. The molecule has 5 rings (SSSR count). The van der Waals surface area contributed by atoms with E-state index in [0.29, 0.717) is 11.6 Å². The Morgan fingerprint density at radius 1 is 1.08 bits per heavy atom. The van der Waals surface area contributed by atoms with E-state index in [9.17, 15) is 10.1 Å². The lowest BCUT2D eigenvalue weighted by molar-refractivity contribution is 0.00493. The number of Topliss-reactive ketones (excluding diaryl/α,β-unsaturated/α-hetero) is 1. The van der Waals surface area contributed by atoms with E-state index in [-0.39, 0.29) is 12.2 Å². The normalized spacial score (nSPS) is 22.5. The van der Waals surface area contributed by atoms with Crippen LogP contribution in [0.25, 0.3) is 5.69 Å². The zero-order valence-electron chi connectivity index (χ0n) is 21.8. The van der Waals surface area contributed by atoms with Crippen molar-refractivity contribution in [1.82, 2.24) is 19.7 Å². The topological polar surface area (TPSA) is 84.0 Å². The molecule has 1 aliphatic heterocycles. The Morgan fingerprint density at radius 2 is 1.78 bits per heavy atom. The van der Waals surface area contributed by atoms with Gasteiger partial charge in [0, 0.05) is 31.7 Å². The van der Waals surface area contributed by atoms with Crippen molar-refractivity contribution < 1.29 is 9.53 Å². The zero-order chi connectivity index (χ0) is 25.8. The second kappa shape index (κ2) is 11.0. The highest BCUT2D eigenvalue weighted by Crippen LogP contribution is 2.39. The third kappa shape index (κ3) is 5.22. The Kier molecular flexibility index (Phi) is 7.50. The fourth-order valence-corrected chi connectivity index (χ4v) is 5.74. The zero-order valence-corrected chi connectivity index (χ0v) is 21.8. The highest BCUT2D eigenvalue weighted by molar-refractivity contribution is 5.98. The van der Waals surface area contributed by atoms with E-state index in [0.717, 1.165) is 81.0 Å².